The van der Waals surface area contributed by atoms with E-state index in [0.717, 1.165) is 16.6 Å². The summed E-state index contributed by atoms with van der Waals surface area (Å²) in [4.78, 5) is 15.1. The van der Waals surface area contributed by atoms with E-state index in [4.69, 9.17) is 4.74 Å². The maximum atomic E-state index is 10.8. The largest absolute Gasteiger partial charge is 0.427 e. The highest BCUT2D eigenvalue weighted by Gasteiger charge is 2.00. The molecule has 0 aliphatic carbocycles. The van der Waals surface area contributed by atoms with E-state index >= 15 is 0 Å². The molecule has 0 fully saturated rings. The van der Waals surface area contributed by atoms with Crippen molar-refractivity contribution < 1.29 is 9.53 Å². The summed E-state index contributed by atoms with van der Waals surface area (Å²) in [7, 11) is 0. The van der Waals surface area contributed by atoms with Gasteiger partial charge in [-0.05, 0) is 31.2 Å². The van der Waals surface area contributed by atoms with Crippen LogP contribution in [0.15, 0.2) is 30.3 Å². The highest BCUT2D eigenvalue weighted by Crippen LogP contribution is 2.19. The number of hydrogen-bond acceptors (Lipinski definition) is 3. The molecule has 1 aromatic carbocycles. The molecule has 2 aromatic rings. The Morgan fingerprint density at radius 3 is 2.80 bits per heavy atom. The van der Waals surface area contributed by atoms with Crippen LogP contribution in [0, 0.1) is 6.92 Å². The van der Waals surface area contributed by atoms with E-state index in [1.165, 1.54) is 6.92 Å². The number of benzene rings is 1. The third-order valence-electron chi connectivity index (χ3n) is 2.06. The fraction of sp³-hybridized carbons (Fsp3) is 0.167. The summed E-state index contributed by atoms with van der Waals surface area (Å²) in [5.74, 6) is 0.245. The molecule has 0 saturated heterocycles. The van der Waals surface area contributed by atoms with Crippen LogP contribution in [0.25, 0.3) is 10.9 Å². The molecule has 0 atom stereocenters. The number of pyridine rings is 1. The SMILES string of the molecule is CC(=O)Oc1ccc2nc(C)ccc2c1. The molecular weight excluding hydrogens is 190 g/mol. The Balaban J connectivity index is 2.47. The van der Waals surface area contributed by atoms with E-state index < -0.39 is 0 Å². The van der Waals surface area contributed by atoms with Crippen molar-refractivity contribution >= 4 is 16.9 Å². The number of hydrogen-bond donors (Lipinski definition) is 0. The van der Waals surface area contributed by atoms with Crippen molar-refractivity contribution in [2.24, 2.45) is 0 Å². The van der Waals surface area contributed by atoms with Crippen LogP contribution in [0.5, 0.6) is 5.75 Å². The molecule has 3 nitrogen and oxygen atoms in total. The monoisotopic (exact) mass is 201 g/mol. The van der Waals surface area contributed by atoms with Crippen LogP contribution in [0.4, 0.5) is 0 Å². The van der Waals surface area contributed by atoms with Gasteiger partial charge in [0.2, 0.25) is 0 Å². The van der Waals surface area contributed by atoms with Gasteiger partial charge in [0, 0.05) is 18.0 Å². The second-order valence-corrected chi connectivity index (χ2v) is 3.40. The Kier molecular flexibility index (Phi) is 2.37. The van der Waals surface area contributed by atoms with E-state index in [2.05, 4.69) is 4.98 Å². The first-order valence-electron chi connectivity index (χ1n) is 4.71. The first kappa shape index (κ1) is 9.65. The number of esters is 1. The number of carbonyl (C=O) groups excluding carboxylic acids is 1. The van der Waals surface area contributed by atoms with Crippen LogP contribution in [0.3, 0.4) is 0 Å². The quantitative estimate of drug-likeness (QED) is 0.525. The standard InChI is InChI=1S/C12H11NO2/c1-8-3-4-10-7-11(15-9(2)14)5-6-12(10)13-8/h3-7H,1-2H3. The van der Waals surface area contributed by atoms with E-state index in [9.17, 15) is 4.79 Å². The van der Waals surface area contributed by atoms with Gasteiger partial charge in [-0.1, -0.05) is 6.07 Å². The van der Waals surface area contributed by atoms with Crippen molar-refractivity contribution in [2.45, 2.75) is 13.8 Å². The van der Waals surface area contributed by atoms with Gasteiger partial charge in [0.25, 0.3) is 0 Å². The molecule has 2 rings (SSSR count). The van der Waals surface area contributed by atoms with E-state index in [1.54, 1.807) is 6.07 Å². The number of aromatic nitrogens is 1. The van der Waals surface area contributed by atoms with E-state index in [0.29, 0.717) is 5.75 Å². The predicted octanol–water partition coefficient (Wildman–Crippen LogP) is 2.47. The van der Waals surface area contributed by atoms with Crippen molar-refractivity contribution in [1.82, 2.24) is 4.98 Å². The fourth-order valence-electron chi connectivity index (χ4n) is 1.44. The molecule has 3 heteroatoms. The number of nitrogens with zero attached hydrogens (tertiary/aromatic N) is 1. The topological polar surface area (TPSA) is 39.2 Å². The number of rotatable bonds is 1. The normalized spacial score (nSPS) is 10.3. The molecular formula is C12H11NO2. The lowest BCUT2D eigenvalue weighted by Crippen LogP contribution is -2.01. The summed E-state index contributed by atoms with van der Waals surface area (Å²) < 4.78 is 4.99. The third-order valence-corrected chi connectivity index (χ3v) is 2.06. The predicted molar refractivity (Wildman–Crippen MR) is 57.8 cm³/mol. The molecule has 0 N–H and O–H groups in total. The van der Waals surface area contributed by atoms with Crippen LogP contribution in [-0.2, 0) is 4.79 Å². The molecule has 0 amide bonds. The van der Waals surface area contributed by atoms with Gasteiger partial charge in [0.05, 0.1) is 5.52 Å². The zero-order valence-corrected chi connectivity index (χ0v) is 8.65. The van der Waals surface area contributed by atoms with Gasteiger partial charge in [0.1, 0.15) is 5.75 Å². The summed E-state index contributed by atoms with van der Waals surface area (Å²) in [6.07, 6.45) is 0. The fourth-order valence-corrected chi connectivity index (χ4v) is 1.44. The molecule has 0 spiro atoms. The zero-order valence-electron chi connectivity index (χ0n) is 8.65. The molecule has 76 valence electrons. The molecule has 0 unspecified atom stereocenters. The minimum Gasteiger partial charge on any atom is -0.427 e. The van der Waals surface area contributed by atoms with Gasteiger partial charge in [0.15, 0.2) is 0 Å². The van der Waals surface area contributed by atoms with Crippen molar-refractivity contribution in [3.63, 3.8) is 0 Å². The average molecular weight is 201 g/mol. The minimum absolute atomic E-state index is 0.311. The smallest absolute Gasteiger partial charge is 0.308 e. The lowest BCUT2D eigenvalue weighted by atomic mass is 10.2. The van der Waals surface area contributed by atoms with Crippen LogP contribution in [0.2, 0.25) is 0 Å². The Hall–Kier alpha value is -1.90. The summed E-state index contributed by atoms with van der Waals surface area (Å²) in [5, 5.41) is 0.972. The van der Waals surface area contributed by atoms with Crippen LogP contribution >= 0.6 is 0 Å². The zero-order chi connectivity index (χ0) is 10.8. The molecule has 0 aliphatic rings. The van der Waals surface area contributed by atoms with Crippen molar-refractivity contribution in [1.29, 1.82) is 0 Å². The summed E-state index contributed by atoms with van der Waals surface area (Å²) in [6, 6.07) is 9.30. The summed E-state index contributed by atoms with van der Waals surface area (Å²) in [5.41, 5.74) is 1.88. The number of ether oxygens (including phenoxy) is 1. The summed E-state index contributed by atoms with van der Waals surface area (Å²) >= 11 is 0. The highest BCUT2D eigenvalue weighted by atomic mass is 16.5. The lowest BCUT2D eigenvalue weighted by Gasteiger charge is -2.03. The van der Waals surface area contributed by atoms with Gasteiger partial charge in [-0.15, -0.1) is 0 Å². The molecule has 1 aromatic heterocycles. The van der Waals surface area contributed by atoms with Crippen molar-refractivity contribution in [2.75, 3.05) is 0 Å². The lowest BCUT2D eigenvalue weighted by molar-refractivity contribution is -0.131. The maximum absolute atomic E-state index is 10.8. The van der Waals surface area contributed by atoms with Crippen molar-refractivity contribution in [3.05, 3.63) is 36.0 Å². The van der Waals surface area contributed by atoms with Gasteiger partial charge < -0.3 is 4.74 Å². The second-order valence-electron chi connectivity index (χ2n) is 3.40. The van der Waals surface area contributed by atoms with Crippen LogP contribution in [-0.4, -0.2) is 11.0 Å². The number of carbonyl (C=O) groups is 1. The Bertz CT molecular complexity index is 520. The molecule has 1 heterocycles. The number of fused-ring (bicyclic) bond motifs is 1. The molecule has 0 saturated carbocycles. The highest BCUT2D eigenvalue weighted by molar-refractivity contribution is 5.81. The Labute approximate surface area is 87.7 Å². The van der Waals surface area contributed by atoms with Crippen LogP contribution < -0.4 is 4.74 Å². The first-order valence-corrected chi connectivity index (χ1v) is 4.71. The molecule has 15 heavy (non-hydrogen) atoms. The average Bonchev–Trinajstić information content (AvgIpc) is 2.17. The van der Waals surface area contributed by atoms with Crippen LogP contribution in [0.1, 0.15) is 12.6 Å². The third kappa shape index (κ3) is 2.13. The first-order chi connectivity index (χ1) is 7.15. The minimum atomic E-state index is -0.311. The van der Waals surface area contributed by atoms with Gasteiger partial charge in [-0.2, -0.15) is 0 Å². The van der Waals surface area contributed by atoms with Gasteiger partial charge in [-0.3, -0.25) is 9.78 Å². The van der Waals surface area contributed by atoms with E-state index in [1.807, 2.05) is 31.2 Å². The molecule has 0 aliphatic heterocycles. The Morgan fingerprint density at radius 2 is 2.07 bits per heavy atom. The van der Waals surface area contributed by atoms with E-state index in [-0.39, 0.29) is 5.97 Å². The Morgan fingerprint density at radius 1 is 1.27 bits per heavy atom. The van der Waals surface area contributed by atoms with Gasteiger partial charge >= 0.3 is 5.97 Å². The molecule has 0 bridgehead atoms. The number of aryl methyl sites for hydroxylation is 1. The second kappa shape index (κ2) is 3.69. The summed E-state index contributed by atoms with van der Waals surface area (Å²) in [6.45, 7) is 3.33. The van der Waals surface area contributed by atoms with Crippen molar-refractivity contribution in [3.8, 4) is 5.75 Å². The van der Waals surface area contributed by atoms with Gasteiger partial charge in [-0.25, -0.2) is 0 Å². The maximum Gasteiger partial charge on any atom is 0.308 e. The molecule has 0 radical (unpaired) electrons.